The minimum Gasteiger partial charge on any atom is -0.394 e. The second-order valence-corrected chi connectivity index (χ2v) is 4.04. The van der Waals surface area contributed by atoms with Crippen molar-refractivity contribution in [1.29, 1.82) is 0 Å². The average Bonchev–Trinajstić information content (AvgIpc) is 2.18. The molecular weight excluding hydrogens is 192 g/mol. The maximum absolute atomic E-state index is 9.95. The van der Waals surface area contributed by atoms with Gasteiger partial charge >= 0.3 is 0 Å². The van der Waals surface area contributed by atoms with Crippen LogP contribution in [0.3, 0.4) is 0 Å². The van der Waals surface area contributed by atoms with Crippen LogP contribution in [0.2, 0.25) is 0 Å². The van der Waals surface area contributed by atoms with Gasteiger partial charge < -0.3 is 14.9 Å². The van der Waals surface area contributed by atoms with Gasteiger partial charge in [-0.05, 0) is 19.4 Å². The Morgan fingerprint density at radius 3 is 2.33 bits per heavy atom. The number of benzene rings is 1. The van der Waals surface area contributed by atoms with Gasteiger partial charge in [-0.3, -0.25) is 0 Å². The molecule has 0 saturated heterocycles. The molecule has 3 heteroatoms. The maximum Gasteiger partial charge on any atom is 0.111 e. The summed E-state index contributed by atoms with van der Waals surface area (Å²) >= 11 is 0. The summed E-state index contributed by atoms with van der Waals surface area (Å²) in [6.07, 6.45) is -0.411. The lowest BCUT2D eigenvalue weighted by molar-refractivity contribution is -0.0970. The molecule has 0 aromatic heterocycles. The Bertz CT molecular complexity index is 277. The number of hydrogen-bond acceptors (Lipinski definition) is 3. The lowest BCUT2D eigenvalue weighted by Gasteiger charge is -2.29. The predicted molar refractivity (Wildman–Crippen MR) is 58.5 cm³/mol. The van der Waals surface area contributed by atoms with E-state index in [0.29, 0.717) is 0 Å². The van der Waals surface area contributed by atoms with E-state index in [-0.39, 0.29) is 13.2 Å². The first-order chi connectivity index (χ1) is 7.05. The molecule has 0 amide bonds. The topological polar surface area (TPSA) is 49.7 Å². The first-order valence-electron chi connectivity index (χ1n) is 5.05. The molecule has 0 aliphatic heterocycles. The summed E-state index contributed by atoms with van der Waals surface area (Å²) in [5.41, 5.74) is -0.0466. The van der Waals surface area contributed by atoms with Crippen LogP contribution in [0.25, 0.3) is 0 Å². The van der Waals surface area contributed by atoms with E-state index in [9.17, 15) is 5.11 Å². The van der Waals surface area contributed by atoms with Crippen molar-refractivity contribution < 1.29 is 14.9 Å². The second kappa shape index (κ2) is 5.26. The van der Waals surface area contributed by atoms with Crippen molar-refractivity contribution in [3.05, 3.63) is 35.9 Å². The van der Waals surface area contributed by atoms with E-state index in [1.165, 1.54) is 0 Å². The van der Waals surface area contributed by atoms with Gasteiger partial charge in [-0.15, -0.1) is 0 Å². The molecule has 0 spiro atoms. The van der Waals surface area contributed by atoms with Crippen LogP contribution in [0, 0.1) is 0 Å². The zero-order chi connectivity index (χ0) is 11.3. The van der Waals surface area contributed by atoms with Crippen molar-refractivity contribution in [1.82, 2.24) is 0 Å². The Balaban J connectivity index is 2.82. The highest BCUT2D eigenvalue weighted by Crippen LogP contribution is 2.28. The third-order valence-corrected chi connectivity index (χ3v) is 2.12. The summed E-state index contributed by atoms with van der Waals surface area (Å²) in [6, 6.07) is 9.52. The Morgan fingerprint density at radius 2 is 1.87 bits per heavy atom. The quantitative estimate of drug-likeness (QED) is 0.774. The summed E-state index contributed by atoms with van der Waals surface area (Å²) in [6.45, 7) is 3.58. The van der Waals surface area contributed by atoms with Crippen LogP contribution < -0.4 is 0 Å². The van der Waals surface area contributed by atoms with E-state index in [4.69, 9.17) is 9.84 Å². The zero-order valence-corrected chi connectivity index (χ0v) is 9.18. The highest BCUT2D eigenvalue weighted by molar-refractivity contribution is 5.19. The molecule has 0 radical (unpaired) electrons. The van der Waals surface area contributed by atoms with Crippen molar-refractivity contribution >= 4 is 0 Å². The Hall–Kier alpha value is -0.900. The van der Waals surface area contributed by atoms with Crippen molar-refractivity contribution in [2.75, 3.05) is 13.2 Å². The molecule has 0 heterocycles. The third kappa shape index (κ3) is 3.63. The molecule has 1 atom stereocenters. The molecule has 15 heavy (non-hydrogen) atoms. The summed E-state index contributed by atoms with van der Waals surface area (Å²) in [5, 5.41) is 18.7. The largest absolute Gasteiger partial charge is 0.394 e. The zero-order valence-electron chi connectivity index (χ0n) is 9.18. The van der Waals surface area contributed by atoms with Gasteiger partial charge in [0.1, 0.15) is 6.10 Å². The maximum atomic E-state index is 9.95. The standard InChI is InChI=1S/C12H18O3/c1-12(2,14)11(15-9-8-13)10-6-4-3-5-7-10/h3-7,11,13-14H,8-9H2,1-2H3. The van der Waals surface area contributed by atoms with E-state index in [0.717, 1.165) is 5.56 Å². The van der Waals surface area contributed by atoms with Crippen LogP contribution in [0.5, 0.6) is 0 Å². The van der Waals surface area contributed by atoms with E-state index < -0.39 is 11.7 Å². The first-order valence-corrected chi connectivity index (χ1v) is 5.05. The number of aliphatic hydroxyl groups excluding tert-OH is 1. The first kappa shape index (κ1) is 12.2. The van der Waals surface area contributed by atoms with Gasteiger partial charge in [-0.25, -0.2) is 0 Å². The van der Waals surface area contributed by atoms with Crippen molar-refractivity contribution in [3.8, 4) is 0 Å². The van der Waals surface area contributed by atoms with Gasteiger partial charge in [0, 0.05) is 0 Å². The van der Waals surface area contributed by atoms with Crippen molar-refractivity contribution in [3.63, 3.8) is 0 Å². The van der Waals surface area contributed by atoms with Crippen LogP contribution in [0.1, 0.15) is 25.5 Å². The summed E-state index contributed by atoms with van der Waals surface area (Å²) in [7, 11) is 0. The van der Waals surface area contributed by atoms with E-state index in [1.54, 1.807) is 13.8 Å². The molecule has 0 bridgehead atoms. The number of ether oxygens (including phenoxy) is 1. The molecule has 1 rings (SSSR count). The summed E-state index contributed by atoms with van der Waals surface area (Å²) in [4.78, 5) is 0. The van der Waals surface area contributed by atoms with Gasteiger partial charge in [-0.1, -0.05) is 30.3 Å². The Morgan fingerprint density at radius 1 is 1.27 bits per heavy atom. The molecule has 0 fully saturated rings. The molecule has 1 aromatic rings. The molecule has 0 aliphatic carbocycles. The Kier molecular flexibility index (Phi) is 4.27. The number of aliphatic hydroxyl groups is 2. The molecule has 1 unspecified atom stereocenters. The predicted octanol–water partition coefficient (Wildman–Crippen LogP) is 1.51. The van der Waals surface area contributed by atoms with Gasteiger partial charge in [0.15, 0.2) is 0 Å². The van der Waals surface area contributed by atoms with Crippen LogP contribution in [-0.4, -0.2) is 29.0 Å². The van der Waals surface area contributed by atoms with Crippen LogP contribution >= 0.6 is 0 Å². The monoisotopic (exact) mass is 210 g/mol. The second-order valence-electron chi connectivity index (χ2n) is 4.04. The van der Waals surface area contributed by atoms with E-state index >= 15 is 0 Å². The van der Waals surface area contributed by atoms with Crippen LogP contribution in [-0.2, 0) is 4.74 Å². The fraction of sp³-hybridized carbons (Fsp3) is 0.500. The normalized spacial score (nSPS) is 13.9. The lowest BCUT2D eigenvalue weighted by Crippen LogP contribution is -2.31. The molecule has 3 nitrogen and oxygen atoms in total. The highest BCUT2D eigenvalue weighted by atomic mass is 16.5. The van der Waals surface area contributed by atoms with Crippen LogP contribution in [0.15, 0.2) is 30.3 Å². The fourth-order valence-corrected chi connectivity index (χ4v) is 1.51. The average molecular weight is 210 g/mol. The van der Waals surface area contributed by atoms with Gasteiger partial charge in [-0.2, -0.15) is 0 Å². The Labute approximate surface area is 90.3 Å². The fourth-order valence-electron chi connectivity index (χ4n) is 1.51. The van der Waals surface area contributed by atoms with Gasteiger partial charge in [0.05, 0.1) is 18.8 Å². The number of rotatable bonds is 5. The van der Waals surface area contributed by atoms with Crippen molar-refractivity contribution in [2.45, 2.75) is 25.6 Å². The molecule has 0 saturated carbocycles. The summed E-state index contributed by atoms with van der Waals surface area (Å²) < 4.78 is 5.44. The molecule has 1 aromatic carbocycles. The third-order valence-electron chi connectivity index (χ3n) is 2.12. The minimum absolute atomic E-state index is 0.0422. The summed E-state index contributed by atoms with van der Waals surface area (Å²) in [5.74, 6) is 0. The van der Waals surface area contributed by atoms with Gasteiger partial charge in [0.25, 0.3) is 0 Å². The minimum atomic E-state index is -0.962. The molecule has 84 valence electrons. The van der Waals surface area contributed by atoms with E-state index in [2.05, 4.69) is 0 Å². The van der Waals surface area contributed by atoms with Crippen molar-refractivity contribution in [2.24, 2.45) is 0 Å². The van der Waals surface area contributed by atoms with Crippen LogP contribution in [0.4, 0.5) is 0 Å². The molecule has 2 N–H and O–H groups in total. The smallest absolute Gasteiger partial charge is 0.111 e. The lowest BCUT2D eigenvalue weighted by atomic mass is 9.95. The highest BCUT2D eigenvalue weighted by Gasteiger charge is 2.28. The number of hydrogen-bond donors (Lipinski definition) is 2. The SMILES string of the molecule is CC(C)(O)C(OCCO)c1ccccc1. The van der Waals surface area contributed by atoms with E-state index in [1.807, 2.05) is 30.3 Å². The molecule has 0 aliphatic rings. The van der Waals surface area contributed by atoms with Gasteiger partial charge in [0.2, 0.25) is 0 Å². The molecular formula is C12H18O3.